The molecule has 0 aliphatic carbocycles. The second-order valence-corrected chi connectivity index (χ2v) is 6.16. The summed E-state index contributed by atoms with van der Waals surface area (Å²) in [5.41, 5.74) is 2.90. The van der Waals surface area contributed by atoms with E-state index >= 15 is 0 Å². The lowest BCUT2D eigenvalue weighted by atomic mass is 10.2. The molecule has 132 valence electrons. The van der Waals surface area contributed by atoms with E-state index in [1.54, 1.807) is 5.06 Å². The second-order valence-electron chi connectivity index (χ2n) is 5.75. The first-order valence-electron chi connectivity index (χ1n) is 8.36. The number of furan rings is 2. The third-order valence-electron chi connectivity index (χ3n) is 4.01. The predicted octanol–water partition coefficient (Wildman–Crippen LogP) is 3.85. The van der Waals surface area contributed by atoms with Gasteiger partial charge in [-0.3, -0.25) is 9.63 Å². The molecule has 0 radical (unpaired) electrons. The zero-order valence-corrected chi connectivity index (χ0v) is 14.8. The van der Waals surface area contributed by atoms with Crippen LogP contribution in [-0.2, 0) is 16.2 Å². The molecule has 1 saturated heterocycles. The first-order valence-corrected chi connectivity index (χ1v) is 8.73. The van der Waals surface area contributed by atoms with Gasteiger partial charge in [0.1, 0.15) is 17.2 Å². The van der Waals surface area contributed by atoms with Crippen LogP contribution in [0.15, 0.2) is 52.9 Å². The van der Waals surface area contributed by atoms with E-state index in [9.17, 15) is 4.79 Å². The van der Waals surface area contributed by atoms with Gasteiger partial charge in [0.15, 0.2) is 0 Å². The summed E-state index contributed by atoms with van der Waals surface area (Å²) in [5.74, 6) is 0.0236. The molecule has 0 spiro atoms. The van der Waals surface area contributed by atoms with Gasteiger partial charge in [-0.05, 0) is 49.2 Å². The van der Waals surface area contributed by atoms with E-state index in [4.69, 9.17) is 20.9 Å². The number of carbonyl (C=O) groups excluding carboxylic acids is 1. The Hall–Kier alpha value is -2.08. The summed E-state index contributed by atoms with van der Waals surface area (Å²) in [6.45, 7) is 3.67. The molecule has 1 aromatic carbocycles. The highest BCUT2D eigenvalue weighted by molar-refractivity contribution is 6.31. The van der Waals surface area contributed by atoms with Gasteiger partial charge in [0, 0.05) is 11.6 Å². The Morgan fingerprint density at radius 1 is 1.20 bits per heavy atom. The molecule has 6 heteroatoms. The topological polar surface area (TPSA) is 54.7 Å². The minimum Gasteiger partial charge on any atom is -0.457 e. The number of carbonyl (C=O) groups is 1. The number of benzene rings is 2. The summed E-state index contributed by atoms with van der Waals surface area (Å²) in [6.07, 6.45) is 0.767. The monoisotopic (exact) mass is 360 g/mol. The number of hydrogen-bond donors (Lipinski definition) is 1. The maximum Gasteiger partial charge on any atom is 0.239 e. The van der Waals surface area contributed by atoms with Crippen LogP contribution < -0.4 is 5.32 Å². The third kappa shape index (κ3) is 4.51. The summed E-state index contributed by atoms with van der Waals surface area (Å²) < 4.78 is 5.08. The number of rotatable bonds is 5. The molecule has 1 aliphatic heterocycles. The summed E-state index contributed by atoms with van der Waals surface area (Å²) in [6, 6.07) is 15.2. The van der Waals surface area contributed by atoms with Crippen molar-refractivity contribution >= 4 is 28.7 Å². The van der Waals surface area contributed by atoms with Crippen LogP contribution in [-0.4, -0.2) is 30.2 Å². The Bertz CT molecular complexity index is 759. The van der Waals surface area contributed by atoms with E-state index in [0.29, 0.717) is 24.7 Å². The van der Waals surface area contributed by atoms with Crippen LogP contribution in [0.5, 0.6) is 0 Å². The molecule has 3 aromatic rings. The maximum absolute atomic E-state index is 11.7. The van der Waals surface area contributed by atoms with E-state index in [-0.39, 0.29) is 11.9 Å². The van der Waals surface area contributed by atoms with Crippen molar-refractivity contribution < 1.29 is 14.0 Å². The van der Waals surface area contributed by atoms with Crippen molar-refractivity contribution in [3.8, 4) is 0 Å². The van der Waals surface area contributed by atoms with E-state index in [1.165, 1.54) is 0 Å². The smallest absolute Gasteiger partial charge is 0.239 e. The van der Waals surface area contributed by atoms with E-state index in [2.05, 4.69) is 5.32 Å². The van der Waals surface area contributed by atoms with Crippen LogP contribution in [0.3, 0.4) is 0 Å². The lowest BCUT2D eigenvalue weighted by Gasteiger charge is -2.25. The van der Waals surface area contributed by atoms with Crippen LogP contribution in [0.4, 0.5) is 0 Å². The van der Waals surface area contributed by atoms with Crippen LogP contribution in [0, 0.1) is 0 Å². The Morgan fingerprint density at radius 2 is 1.88 bits per heavy atom. The van der Waals surface area contributed by atoms with Crippen molar-refractivity contribution in [3.63, 3.8) is 0 Å². The number of nitrogens with zero attached hydrogens (tertiary/aromatic N) is 1. The highest BCUT2D eigenvalue weighted by Crippen LogP contribution is 2.20. The van der Waals surface area contributed by atoms with Crippen LogP contribution in [0.25, 0.3) is 11.2 Å². The molecule has 1 N–H and O–H groups in total. The minimum absolute atomic E-state index is 0.0236. The molecule has 25 heavy (non-hydrogen) atoms. The van der Waals surface area contributed by atoms with E-state index < -0.39 is 0 Å². The summed E-state index contributed by atoms with van der Waals surface area (Å²) in [5, 5.41) is 5.24. The van der Waals surface area contributed by atoms with Gasteiger partial charge in [-0.15, -0.1) is 0 Å². The van der Waals surface area contributed by atoms with Crippen LogP contribution in [0.2, 0.25) is 5.02 Å². The lowest BCUT2D eigenvalue weighted by molar-refractivity contribution is -0.190. The Balaban J connectivity index is 0.000000213. The molecule has 1 unspecified atom stereocenters. The largest absolute Gasteiger partial charge is 0.457 e. The van der Waals surface area contributed by atoms with Gasteiger partial charge in [0.2, 0.25) is 5.91 Å². The highest BCUT2D eigenvalue weighted by atomic mass is 35.5. The third-order valence-corrected chi connectivity index (χ3v) is 4.37. The molecule has 2 bridgehead atoms. The fraction of sp³-hybridized carbons (Fsp3) is 0.316. The fourth-order valence-electron chi connectivity index (χ4n) is 2.77. The zero-order chi connectivity index (χ0) is 17.6. The molecule has 5 nitrogen and oxygen atoms in total. The van der Waals surface area contributed by atoms with Crippen molar-refractivity contribution in [3.05, 3.63) is 59.1 Å². The van der Waals surface area contributed by atoms with Gasteiger partial charge < -0.3 is 9.73 Å². The minimum atomic E-state index is -0.221. The van der Waals surface area contributed by atoms with Crippen molar-refractivity contribution in [2.24, 2.45) is 0 Å². The molecular weight excluding hydrogens is 340 g/mol. The Labute approximate surface area is 151 Å². The molecule has 1 atom stereocenters. The van der Waals surface area contributed by atoms with E-state index in [1.807, 2.05) is 55.5 Å². The van der Waals surface area contributed by atoms with Gasteiger partial charge >= 0.3 is 0 Å². The molecule has 1 amide bonds. The van der Waals surface area contributed by atoms with Gasteiger partial charge in [0.25, 0.3) is 0 Å². The molecule has 1 aliphatic rings. The van der Waals surface area contributed by atoms with Gasteiger partial charge in [-0.25, -0.2) is 0 Å². The van der Waals surface area contributed by atoms with Gasteiger partial charge in [-0.1, -0.05) is 29.8 Å². The average molecular weight is 361 g/mol. The van der Waals surface area contributed by atoms with Crippen LogP contribution >= 0.6 is 11.6 Å². The summed E-state index contributed by atoms with van der Waals surface area (Å²) in [7, 11) is 0. The number of hydroxylamine groups is 2. The number of amides is 1. The molecular formula is C19H21ClN2O3. The Morgan fingerprint density at radius 3 is 2.36 bits per heavy atom. The lowest BCUT2D eigenvalue weighted by Crippen LogP contribution is -2.40. The first-order chi connectivity index (χ1) is 12.2. The van der Waals surface area contributed by atoms with Gasteiger partial charge in [0.05, 0.1) is 13.2 Å². The molecule has 2 aromatic heterocycles. The second kappa shape index (κ2) is 8.34. The molecule has 0 saturated carbocycles. The Kier molecular flexibility index (Phi) is 5.91. The number of nitrogens with one attached hydrogen (secondary N) is 1. The normalized spacial score (nSPS) is 16.9. The average Bonchev–Trinajstić information content (AvgIpc) is 3.35. The predicted molar refractivity (Wildman–Crippen MR) is 97.4 cm³/mol. The summed E-state index contributed by atoms with van der Waals surface area (Å²) in [4.78, 5) is 17.3. The fourth-order valence-corrected chi connectivity index (χ4v) is 2.97. The first kappa shape index (κ1) is 17.7. The van der Waals surface area contributed by atoms with Crippen molar-refractivity contribution in [2.45, 2.75) is 25.9 Å². The number of fused-ring (bicyclic) bond motifs is 2. The zero-order valence-electron chi connectivity index (χ0n) is 14.1. The molecule has 3 heterocycles. The summed E-state index contributed by atoms with van der Waals surface area (Å²) >= 11 is 6.13. The van der Waals surface area contributed by atoms with Crippen molar-refractivity contribution in [2.75, 3.05) is 13.2 Å². The maximum atomic E-state index is 11.7. The standard InChI is InChI=1S/C13H17ClN2O2.C6H4O/c1-2-18-16(12-7-8-15-13(12)17)9-10-5-3-4-6-11(10)14;1-2-6-4-3-5(1)7-6/h3-6,12H,2,7-9H2,1H3,(H,15,17);1-4H. The van der Waals surface area contributed by atoms with Gasteiger partial charge in [-0.2, -0.15) is 5.06 Å². The van der Waals surface area contributed by atoms with Crippen molar-refractivity contribution in [1.82, 2.24) is 10.4 Å². The van der Waals surface area contributed by atoms with E-state index in [0.717, 1.165) is 23.2 Å². The quantitative estimate of drug-likeness (QED) is 0.702. The molecule has 4 rings (SSSR count). The van der Waals surface area contributed by atoms with Crippen LogP contribution in [0.1, 0.15) is 18.9 Å². The molecule has 1 fully saturated rings. The number of hydrogen-bond acceptors (Lipinski definition) is 4. The number of halogens is 1. The van der Waals surface area contributed by atoms with Crippen molar-refractivity contribution in [1.29, 1.82) is 0 Å². The SMILES string of the molecule is CCON(Cc1ccccc1Cl)C1CCNC1=O.c1cc2ccc1o2. The highest BCUT2D eigenvalue weighted by Gasteiger charge is 2.31.